The van der Waals surface area contributed by atoms with Gasteiger partial charge < -0.3 is 9.68 Å². The van der Waals surface area contributed by atoms with Crippen LogP contribution >= 0.6 is 0 Å². The maximum atomic E-state index is 9.35. The van der Waals surface area contributed by atoms with E-state index in [2.05, 4.69) is 15.5 Å². The van der Waals surface area contributed by atoms with Gasteiger partial charge in [-0.05, 0) is 0 Å². The molecule has 0 saturated heterocycles. The van der Waals surface area contributed by atoms with E-state index in [9.17, 15) is 9.59 Å². The van der Waals surface area contributed by atoms with Gasteiger partial charge in [0.25, 0.3) is 0 Å². The SMILES string of the molecule is NN(OC=O)OC=O. The smallest absolute Gasteiger partial charge is 0.318 e. The van der Waals surface area contributed by atoms with Crippen molar-refractivity contribution in [3.63, 3.8) is 0 Å². The molecule has 0 spiro atoms. The van der Waals surface area contributed by atoms with Gasteiger partial charge in [-0.15, -0.1) is 0 Å². The molecule has 0 fully saturated rings. The standard InChI is InChI=1S/C2H4N2O4/c3-4(7-1-5)8-2-6/h1-2H,3H2. The number of nitrogens with zero attached hydrogens (tertiary/aromatic N) is 1. The molecule has 6 nitrogen and oxygen atoms in total. The summed E-state index contributed by atoms with van der Waals surface area (Å²) >= 11 is 0. The van der Waals surface area contributed by atoms with E-state index >= 15 is 0 Å². The molecule has 8 heavy (non-hydrogen) atoms. The minimum atomic E-state index is 0.0174. The lowest BCUT2D eigenvalue weighted by Crippen LogP contribution is -2.30. The summed E-state index contributed by atoms with van der Waals surface area (Å²) in [5.74, 6) is 4.62. The Morgan fingerprint density at radius 1 is 1.25 bits per heavy atom. The molecule has 0 aromatic rings. The fourth-order valence-corrected chi connectivity index (χ4v) is 0.110. The van der Waals surface area contributed by atoms with Crippen LogP contribution in [0.5, 0.6) is 0 Å². The van der Waals surface area contributed by atoms with Crippen LogP contribution in [0.1, 0.15) is 0 Å². The lowest BCUT2D eigenvalue weighted by molar-refractivity contribution is -0.314. The Balaban J connectivity index is 3.16. The van der Waals surface area contributed by atoms with Crippen molar-refractivity contribution in [3.8, 4) is 0 Å². The van der Waals surface area contributed by atoms with Gasteiger partial charge in [0, 0.05) is 0 Å². The number of hydrogen-bond donors (Lipinski definition) is 1. The van der Waals surface area contributed by atoms with Crippen molar-refractivity contribution < 1.29 is 19.3 Å². The number of hydrazine groups is 1. The van der Waals surface area contributed by atoms with Gasteiger partial charge in [0.05, 0.1) is 0 Å². The summed E-state index contributed by atoms with van der Waals surface area (Å²) in [6, 6.07) is 0. The third-order valence-corrected chi connectivity index (χ3v) is 0.294. The van der Waals surface area contributed by atoms with Crippen molar-refractivity contribution >= 4 is 12.9 Å². The predicted octanol–water partition coefficient (Wildman–Crippen LogP) is -1.66. The first kappa shape index (κ1) is 6.86. The van der Waals surface area contributed by atoms with Crippen LogP contribution in [0.4, 0.5) is 0 Å². The van der Waals surface area contributed by atoms with Crippen LogP contribution in [0, 0.1) is 0 Å². The molecular formula is C2H4N2O4. The summed E-state index contributed by atoms with van der Waals surface area (Å²) in [6.45, 7) is 0.0347. The van der Waals surface area contributed by atoms with Gasteiger partial charge in [-0.2, -0.15) is 5.84 Å². The molecule has 6 heteroatoms. The van der Waals surface area contributed by atoms with E-state index in [0.29, 0.717) is 0 Å². The molecule has 2 N–H and O–H groups in total. The Kier molecular flexibility index (Phi) is 3.46. The molecule has 0 radical (unpaired) electrons. The van der Waals surface area contributed by atoms with E-state index in [4.69, 9.17) is 0 Å². The summed E-state index contributed by atoms with van der Waals surface area (Å²) in [6.07, 6.45) is 0. The van der Waals surface area contributed by atoms with Gasteiger partial charge in [-0.3, -0.25) is 9.59 Å². The first-order valence-corrected chi connectivity index (χ1v) is 1.57. The number of hydrogen-bond acceptors (Lipinski definition) is 6. The quantitative estimate of drug-likeness (QED) is 0.271. The zero-order valence-corrected chi connectivity index (χ0v) is 3.81. The second-order valence-electron chi connectivity index (χ2n) is 0.689. The van der Waals surface area contributed by atoms with Crippen LogP contribution in [-0.2, 0) is 19.3 Å². The molecule has 0 aromatic heterocycles. The highest BCUT2D eigenvalue weighted by atomic mass is 17.0. The predicted molar refractivity (Wildman–Crippen MR) is 20.3 cm³/mol. The fraction of sp³-hybridized carbons (Fsp3) is 0. The molecule has 0 amide bonds. The minimum Gasteiger partial charge on any atom is -0.322 e. The van der Waals surface area contributed by atoms with E-state index in [1.807, 2.05) is 0 Å². The van der Waals surface area contributed by atoms with E-state index in [1.54, 1.807) is 0 Å². The summed E-state index contributed by atoms with van der Waals surface area (Å²) in [4.78, 5) is 26.2. The van der Waals surface area contributed by atoms with Crippen LogP contribution in [0.3, 0.4) is 0 Å². The van der Waals surface area contributed by atoms with E-state index in [-0.39, 0.29) is 18.3 Å². The number of carbonyl (C=O) groups excluding carboxylic acids is 2. The van der Waals surface area contributed by atoms with Crippen molar-refractivity contribution in [2.75, 3.05) is 0 Å². The molecule has 0 aliphatic rings. The first-order chi connectivity index (χ1) is 3.81. The largest absolute Gasteiger partial charge is 0.322 e. The van der Waals surface area contributed by atoms with Crippen molar-refractivity contribution in [1.29, 1.82) is 0 Å². The molecule has 0 aliphatic heterocycles. The number of rotatable bonds is 4. The summed E-state index contributed by atoms with van der Waals surface area (Å²) in [7, 11) is 0. The van der Waals surface area contributed by atoms with E-state index in [0.717, 1.165) is 0 Å². The van der Waals surface area contributed by atoms with Gasteiger partial charge in [0.1, 0.15) is 5.34 Å². The van der Waals surface area contributed by atoms with Gasteiger partial charge in [-0.25, -0.2) is 0 Å². The topological polar surface area (TPSA) is 81.9 Å². The second kappa shape index (κ2) is 4.03. The molecule has 0 rings (SSSR count). The van der Waals surface area contributed by atoms with Crippen LogP contribution in [0.15, 0.2) is 0 Å². The highest BCUT2D eigenvalue weighted by Gasteiger charge is 1.92. The van der Waals surface area contributed by atoms with Crippen molar-refractivity contribution in [2.45, 2.75) is 0 Å². The Hall–Kier alpha value is -1.14. The van der Waals surface area contributed by atoms with Gasteiger partial charge >= 0.3 is 12.9 Å². The zero-order valence-electron chi connectivity index (χ0n) is 3.81. The van der Waals surface area contributed by atoms with Crippen molar-refractivity contribution in [1.82, 2.24) is 5.34 Å². The van der Waals surface area contributed by atoms with Crippen molar-refractivity contribution in [2.24, 2.45) is 5.84 Å². The summed E-state index contributed by atoms with van der Waals surface area (Å²) in [5, 5.41) is 0.125. The van der Waals surface area contributed by atoms with Gasteiger partial charge in [0.2, 0.25) is 0 Å². The molecule has 0 aliphatic carbocycles. The van der Waals surface area contributed by atoms with Gasteiger partial charge in [-0.1, -0.05) is 0 Å². The summed E-state index contributed by atoms with van der Waals surface area (Å²) in [5.41, 5.74) is 0. The number of nitrogens with two attached hydrogens (primary N) is 1. The average Bonchev–Trinajstić information content (AvgIpc) is 1.68. The minimum absolute atomic E-state index is 0.0174. The maximum Gasteiger partial charge on any atom is 0.318 e. The Morgan fingerprint density at radius 2 is 1.62 bits per heavy atom. The third kappa shape index (κ3) is 3.07. The highest BCUT2D eigenvalue weighted by molar-refractivity contribution is 5.38. The molecular weight excluding hydrogens is 116 g/mol. The van der Waals surface area contributed by atoms with Crippen molar-refractivity contribution in [3.05, 3.63) is 0 Å². The van der Waals surface area contributed by atoms with Crippen LogP contribution in [0.2, 0.25) is 0 Å². The van der Waals surface area contributed by atoms with Crippen LogP contribution < -0.4 is 5.84 Å². The third-order valence-electron chi connectivity index (χ3n) is 0.294. The lowest BCUT2D eigenvalue weighted by atomic mass is 11.6. The Labute approximate surface area is 44.6 Å². The fourth-order valence-electron chi connectivity index (χ4n) is 0.110. The molecule has 0 atom stereocenters. The summed E-state index contributed by atoms with van der Waals surface area (Å²) < 4.78 is 0. The Bertz CT molecular complexity index is 74.1. The lowest BCUT2D eigenvalue weighted by Gasteiger charge is -2.04. The maximum absolute atomic E-state index is 9.35. The number of carbonyl (C=O) groups is 2. The highest BCUT2D eigenvalue weighted by Crippen LogP contribution is 1.72. The first-order valence-electron chi connectivity index (χ1n) is 1.57. The molecule has 0 bridgehead atoms. The normalized spacial score (nSPS) is 8.25. The average molecular weight is 120 g/mol. The van der Waals surface area contributed by atoms with E-state index < -0.39 is 0 Å². The molecule has 0 saturated carbocycles. The van der Waals surface area contributed by atoms with Crippen LogP contribution in [-0.4, -0.2) is 18.3 Å². The van der Waals surface area contributed by atoms with E-state index in [1.165, 1.54) is 0 Å². The molecule has 0 aromatic carbocycles. The van der Waals surface area contributed by atoms with Crippen LogP contribution in [0.25, 0.3) is 0 Å². The monoisotopic (exact) mass is 120 g/mol. The second-order valence-corrected chi connectivity index (χ2v) is 0.689. The van der Waals surface area contributed by atoms with Gasteiger partial charge in [0.15, 0.2) is 0 Å². The molecule has 0 heterocycles. The molecule has 46 valence electrons. The Morgan fingerprint density at radius 3 is 1.88 bits per heavy atom. The molecule has 0 unspecified atom stereocenters. The zero-order chi connectivity index (χ0) is 6.41.